The van der Waals surface area contributed by atoms with Crippen molar-refractivity contribution in [2.45, 2.75) is 25.0 Å². The number of hydrogen-bond acceptors (Lipinski definition) is 10. The van der Waals surface area contributed by atoms with Gasteiger partial charge >= 0.3 is 23.9 Å². The number of carboxylic acid groups (broad SMARTS) is 4. The van der Waals surface area contributed by atoms with Gasteiger partial charge in [0, 0.05) is 12.8 Å². The molecule has 0 aromatic rings. The molecular weight excluding hydrogens is 474 g/mol. The zero-order chi connectivity index (χ0) is 27.4. The summed E-state index contributed by atoms with van der Waals surface area (Å²) in [7, 11) is 1.40. The summed E-state index contributed by atoms with van der Waals surface area (Å²) in [6.07, 6.45) is 6.14. The Labute approximate surface area is 197 Å². The van der Waals surface area contributed by atoms with Gasteiger partial charge in [-0.05, 0) is 0 Å². The van der Waals surface area contributed by atoms with Crippen LogP contribution in [0.1, 0.15) is 12.8 Å². The molecule has 0 aromatic heterocycles. The highest BCUT2D eigenvalue weighted by molar-refractivity contribution is 6.33. The minimum Gasteiger partial charge on any atom is -0.480 e. The second kappa shape index (κ2) is 13.7. The smallest absolute Gasteiger partial charge is 0.372 e. The molecule has 0 aliphatic heterocycles. The Morgan fingerprint density at radius 3 is 1.09 bits per heavy atom. The minimum absolute atomic E-state index is 0.669. The maximum atomic E-state index is 11.0. The van der Waals surface area contributed by atoms with E-state index in [2.05, 4.69) is 10.7 Å². The zero-order valence-corrected chi connectivity index (χ0v) is 18.3. The molecule has 14 heteroatoms. The van der Waals surface area contributed by atoms with Crippen LogP contribution in [0, 0.1) is 10.8 Å². The summed E-state index contributed by atoms with van der Waals surface area (Å²) in [6, 6.07) is 0. The summed E-state index contributed by atoms with van der Waals surface area (Å²) in [5.41, 5.74) is -3.34. The number of hydrogen-bond donors (Lipinski definition) is 7. The quantitative estimate of drug-likeness (QED) is 0.116. The van der Waals surface area contributed by atoms with E-state index in [-0.39, 0.29) is 0 Å². The third kappa shape index (κ3) is 9.42. The van der Waals surface area contributed by atoms with E-state index in [9.17, 15) is 28.8 Å². The lowest BCUT2D eigenvalue weighted by Gasteiger charge is -2.24. The third-order valence-corrected chi connectivity index (χ3v) is 4.54. The molecule has 0 fully saturated rings. The molecule has 35 heavy (non-hydrogen) atoms. The molecule has 0 aromatic carbocycles. The first-order chi connectivity index (χ1) is 16.2. The van der Waals surface area contributed by atoms with E-state index >= 15 is 0 Å². The SMILES string of the molecule is CON.O=C(O)C(=O)CC1(C(=O)O)C=CC(O)C=C1.O=C(O)C(=O)CC1(C(=O)O)C=CC(O)C=C1. The molecule has 8 N–H and O–H groups in total. The predicted molar refractivity (Wildman–Crippen MR) is 114 cm³/mol. The maximum absolute atomic E-state index is 11.0. The summed E-state index contributed by atoms with van der Waals surface area (Å²) in [5.74, 6) is -4.04. The molecule has 0 radical (unpaired) electrons. The van der Waals surface area contributed by atoms with Crippen LogP contribution in [0.2, 0.25) is 0 Å². The van der Waals surface area contributed by atoms with Crippen LogP contribution in [0.25, 0.3) is 0 Å². The van der Waals surface area contributed by atoms with Crippen molar-refractivity contribution < 1.29 is 64.2 Å². The number of Topliss-reactive ketones (excluding diaryl/α,β-unsaturated/α-hetero) is 2. The van der Waals surface area contributed by atoms with Gasteiger partial charge in [-0.2, -0.15) is 0 Å². The fourth-order valence-electron chi connectivity index (χ4n) is 2.68. The van der Waals surface area contributed by atoms with Crippen molar-refractivity contribution >= 4 is 35.4 Å². The predicted octanol–water partition coefficient (Wildman–Crippen LogP) is -1.32. The Morgan fingerprint density at radius 2 is 0.914 bits per heavy atom. The third-order valence-electron chi connectivity index (χ3n) is 4.54. The number of carbonyl (C=O) groups is 6. The van der Waals surface area contributed by atoms with E-state index in [1.165, 1.54) is 31.4 Å². The van der Waals surface area contributed by atoms with Crippen molar-refractivity contribution in [2.24, 2.45) is 16.7 Å². The van der Waals surface area contributed by atoms with Gasteiger partial charge in [0.25, 0.3) is 0 Å². The summed E-state index contributed by atoms with van der Waals surface area (Å²) in [6.45, 7) is 0. The van der Waals surface area contributed by atoms with Crippen molar-refractivity contribution in [3.63, 3.8) is 0 Å². The van der Waals surface area contributed by atoms with Gasteiger partial charge in [-0.15, -0.1) is 0 Å². The van der Waals surface area contributed by atoms with Crippen LogP contribution in [0.3, 0.4) is 0 Å². The minimum atomic E-state index is -1.67. The number of carboxylic acids is 4. The lowest BCUT2D eigenvalue weighted by atomic mass is 9.79. The van der Waals surface area contributed by atoms with Gasteiger partial charge < -0.3 is 35.5 Å². The molecule has 0 saturated carbocycles. The van der Waals surface area contributed by atoms with Crippen molar-refractivity contribution in [1.82, 2.24) is 0 Å². The number of aliphatic hydroxyl groups excluding tert-OH is 2. The van der Waals surface area contributed by atoms with Crippen molar-refractivity contribution in [3.05, 3.63) is 48.6 Å². The molecule has 192 valence electrons. The van der Waals surface area contributed by atoms with Gasteiger partial charge in [0.1, 0.15) is 10.8 Å². The van der Waals surface area contributed by atoms with E-state index in [4.69, 9.17) is 30.6 Å². The summed E-state index contributed by atoms with van der Waals surface area (Å²) in [5, 5.41) is 53.0. The summed E-state index contributed by atoms with van der Waals surface area (Å²) in [4.78, 5) is 68.5. The number of aliphatic hydroxyl groups is 2. The molecule has 0 amide bonds. The van der Waals surface area contributed by atoms with E-state index in [0.29, 0.717) is 0 Å². The lowest BCUT2D eigenvalue weighted by molar-refractivity contribution is -0.153. The average molecular weight is 499 g/mol. The molecule has 0 saturated heterocycles. The van der Waals surface area contributed by atoms with Gasteiger partial charge in [-0.3, -0.25) is 19.2 Å². The molecule has 14 nitrogen and oxygen atoms in total. The van der Waals surface area contributed by atoms with Gasteiger partial charge in [0.2, 0.25) is 11.6 Å². The second-order valence-corrected chi connectivity index (χ2v) is 7.15. The number of carbonyl (C=O) groups excluding carboxylic acids is 2. The molecule has 0 unspecified atom stereocenters. The summed E-state index contributed by atoms with van der Waals surface area (Å²) < 4.78 is 0. The normalized spacial score (nSPS) is 25.8. The first-order valence-corrected chi connectivity index (χ1v) is 9.52. The van der Waals surface area contributed by atoms with E-state index in [1.54, 1.807) is 0 Å². The van der Waals surface area contributed by atoms with Gasteiger partial charge in [-0.25, -0.2) is 15.5 Å². The first kappa shape index (κ1) is 31.0. The van der Waals surface area contributed by atoms with Crippen LogP contribution in [-0.2, 0) is 33.6 Å². The Morgan fingerprint density at radius 1 is 0.686 bits per heavy atom. The lowest BCUT2D eigenvalue weighted by Crippen LogP contribution is -2.34. The highest BCUT2D eigenvalue weighted by Gasteiger charge is 2.40. The standard InChI is InChI=1S/2C10H10O6.CH5NO/c2*11-6-1-3-10(4-2-6,9(15)16)5-7(12)8(13)14;1-3-2/h2*1-4,6,11H,5H2,(H,13,14)(H,15,16);2H2,1H3. The van der Waals surface area contributed by atoms with E-state index < -0.39 is 71.3 Å². The highest BCUT2D eigenvalue weighted by atomic mass is 16.6. The first-order valence-electron chi connectivity index (χ1n) is 9.52. The molecule has 0 spiro atoms. The van der Waals surface area contributed by atoms with Crippen molar-refractivity contribution in [2.75, 3.05) is 7.11 Å². The fraction of sp³-hybridized carbons (Fsp3) is 0.333. The average Bonchev–Trinajstić information content (AvgIpc) is 2.77. The molecule has 0 atom stereocenters. The van der Waals surface area contributed by atoms with Gasteiger partial charge in [0.15, 0.2) is 0 Å². The Bertz CT molecular complexity index is 856. The largest absolute Gasteiger partial charge is 0.480 e. The zero-order valence-electron chi connectivity index (χ0n) is 18.3. The van der Waals surface area contributed by atoms with Crippen LogP contribution in [-0.4, -0.2) is 85.4 Å². The number of ketones is 2. The summed E-state index contributed by atoms with van der Waals surface area (Å²) >= 11 is 0. The molecule has 2 aliphatic rings. The highest BCUT2D eigenvalue weighted by Crippen LogP contribution is 2.31. The fourth-order valence-corrected chi connectivity index (χ4v) is 2.68. The Balaban J connectivity index is 0.000000594. The second-order valence-electron chi connectivity index (χ2n) is 7.15. The molecule has 2 aliphatic carbocycles. The van der Waals surface area contributed by atoms with Crippen LogP contribution in [0.5, 0.6) is 0 Å². The molecular formula is C21H25NO13. The van der Waals surface area contributed by atoms with E-state index in [1.807, 2.05) is 0 Å². The van der Waals surface area contributed by atoms with Crippen LogP contribution >= 0.6 is 0 Å². The number of nitrogens with two attached hydrogens (primary N) is 1. The van der Waals surface area contributed by atoms with E-state index in [0.717, 1.165) is 24.3 Å². The van der Waals surface area contributed by atoms with Crippen molar-refractivity contribution in [3.8, 4) is 0 Å². The topological polar surface area (TPSA) is 259 Å². The number of rotatable bonds is 8. The van der Waals surface area contributed by atoms with Crippen LogP contribution in [0.4, 0.5) is 0 Å². The molecule has 0 bridgehead atoms. The molecule has 2 rings (SSSR count). The van der Waals surface area contributed by atoms with Crippen molar-refractivity contribution in [1.29, 1.82) is 0 Å². The number of aliphatic carboxylic acids is 4. The molecule has 0 heterocycles. The maximum Gasteiger partial charge on any atom is 0.372 e. The van der Waals surface area contributed by atoms with Gasteiger partial charge in [0.05, 0.1) is 19.3 Å². The van der Waals surface area contributed by atoms with Crippen LogP contribution < -0.4 is 5.90 Å². The Hall–Kier alpha value is -3.98. The monoisotopic (exact) mass is 499 g/mol. The Kier molecular flexibility index (Phi) is 12.1. The van der Waals surface area contributed by atoms with Crippen LogP contribution in [0.15, 0.2) is 48.6 Å². The van der Waals surface area contributed by atoms with Gasteiger partial charge in [-0.1, -0.05) is 48.6 Å².